The van der Waals surface area contributed by atoms with Gasteiger partial charge in [0.1, 0.15) is 5.69 Å². The Kier molecular flexibility index (Phi) is 6.51. The highest BCUT2D eigenvalue weighted by Crippen LogP contribution is 2.31. The minimum Gasteiger partial charge on any atom is -0.279 e. The van der Waals surface area contributed by atoms with Crippen LogP contribution in [0.5, 0.6) is 0 Å². The van der Waals surface area contributed by atoms with Gasteiger partial charge in [0.2, 0.25) is 0 Å². The number of hydrogen-bond acceptors (Lipinski definition) is 4. The van der Waals surface area contributed by atoms with Crippen LogP contribution >= 0.6 is 31.9 Å². The second-order valence-electron chi connectivity index (χ2n) is 5.70. The number of aryl methyl sites for hydroxylation is 1. The van der Waals surface area contributed by atoms with E-state index in [4.69, 9.17) is 0 Å². The van der Waals surface area contributed by atoms with E-state index in [1.165, 1.54) is 30.9 Å². The number of rotatable bonds is 6. The van der Waals surface area contributed by atoms with E-state index in [-0.39, 0.29) is 11.2 Å². The molecule has 8 heteroatoms. The summed E-state index contributed by atoms with van der Waals surface area (Å²) >= 11 is 7.12. The lowest BCUT2D eigenvalue weighted by Gasteiger charge is -2.08. The molecule has 0 radical (unpaired) electrons. The van der Waals surface area contributed by atoms with E-state index in [9.17, 15) is 9.59 Å². The Hall–Kier alpha value is -1.28. The third kappa shape index (κ3) is 3.85. The summed E-state index contributed by atoms with van der Waals surface area (Å²) in [5.41, 5.74) is 0.0664. The average Bonchev–Trinajstić information content (AvgIpc) is 2.60. The van der Waals surface area contributed by atoms with Gasteiger partial charge in [-0.25, -0.2) is 4.79 Å². The van der Waals surface area contributed by atoms with Crippen LogP contribution < -0.4 is 11.2 Å². The zero-order valence-electron chi connectivity index (χ0n) is 14.0. The van der Waals surface area contributed by atoms with Gasteiger partial charge in [-0.3, -0.25) is 13.9 Å². The minimum absolute atomic E-state index is 0.284. The Balaban J connectivity index is 2.44. The van der Waals surface area contributed by atoms with Crippen molar-refractivity contribution >= 4 is 47.4 Å². The zero-order valence-corrected chi connectivity index (χ0v) is 17.1. The summed E-state index contributed by atoms with van der Waals surface area (Å²) in [6.45, 7) is 2.18. The van der Waals surface area contributed by atoms with Gasteiger partial charge in [0, 0.05) is 18.6 Å². The molecule has 0 aliphatic rings. The summed E-state index contributed by atoms with van der Waals surface area (Å²) in [5, 5.41) is 8.59. The smallest absolute Gasteiger partial charge is 0.279 e. The van der Waals surface area contributed by atoms with Crippen molar-refractivity contribution < 1.29 is 0 Å². The van der Waals surface area contributed by atoms with Crippen LogP contribution in [0.25, 0.3) is 15.5 Å². The third-order valence-electron chi connectivity index (χ3n) is 3.91. The van der Waals surface area contributed by atoms with Crippen LogP contribution in [0.3, 0.4) is 0 Å². The molecule has 0 saturated heterocycles. The van der Waals surface area contributed by atoms with E-state index < -0.39 is 5.69 Å². The zero-order chi connectivity index (χ0) is 17.9. The lowest BCUT2D eigenvalue weighted by Crippen LogP contribution is -2.37. The third-order valence-corrected chi connectivity index (χ3v) is 6.12. The molecule has 0 atom stereocenters. The Morgan fingerprint density at radius 3 is 2.46 bits per heavy atom. The lowest BCUT2D eigenvalue weighted by atomic mass is 10.1. The molecule has 2 aromatic rings. The quantitative estimate of drug-likeness (QED) is 0.620. The van der Waals surface area contributed by atoms with Crippen molar-refractivity contribution in [2.75, 3.05) is 0 Å². The molecular weight excluding hydrogens is 440 g/mol. The van der Waals surface area contributed by atoms with Gasteiger partial charge in [-0.1, -0.05) is 42.1 Å². The molecule has 0 spiro atoms. The fourth-order valence-corrected chi connectivity index (χ4v) is 3.31. The summed E-state index contributed by atoms with van der Waals surface area (Å²) in [4.78, 5) is 24.3. The van der Waals surface area contributed by atoms with Crippen LogP contribution in [-0.2, 0) is 14.1 Å². The van der Waals surface area contributed by atoms with Crippen molar-refractivity contribution in [3.63, 3.8) is 0 Å². The molecule has 2 aromatic heterocycles. The maximum absolute atomic E-state index is 12.3. The van der Waals surface area contributed by atoms with E-state index in [1.807, 2.05) is 0 Å². The van der Waals surface area contributed by atoms with Crippen LogP contribution in [-0.4, -0.2) is 19.3 Å². The fourth-order valence-electron chi connectivity index (χ4n) is 2.44. The molecule has 6 nitrogen and oxygen atoms in total. The predicted molar refractivity (Wildman–Crippen MR) is 104 cm³/mol. The Labute approximate surface area is 156 Å². The van der Waals surface area contributed by atoms with Gasteiger partial charge in [-0.05, 0) is 34.8 Å². The van der Waals surface area contributed by atoms with E-state index >= 15 is 0 Å². The first-order valence-corrected chi connectivity index (χ1v) is 9.45. The van der Waals surface area contributed by atoms with E-state index in [0.717, 1.165) is 26.4 Å². The van der Waals surface area contributed by atoms with Gasteiger partial charge in [0.25, 0.3) is 5.56 Å². The van der Waals surface area contributed by atoms with E-state index in [0.29, 0.717) is 11.1 Å². The molecule has 0 N–H and O–H groups in total. The second kappa shape index (κ2) is 8.20. The van der Waals surface area contributed by atoms with Crippen LogP contribution in [0.2, 0.25) is 0 Å². The molecule has 0 amide bonds. The van der Waals surface area contributed by atoms with Gasteiger partial charge < -0.3 is 0 Å². The maximum Gasteiger partial charge on any atom is 0.332 e. The van der Waals surface area contributed by atoms with Gasteiger partial charge in [0.15, 0.2) is 5.65 Å². The maximum atomic E-state index is 12.3. The first-order chi connectivity index (χ1) is 11.4. The van der Waals surface area contributed by atoms with Gasteiger partial charge in [0.05, 0.1) is 9.87 Å². The van der Waals surface area contributed by atoms with E-state index in [1.54, 1.807) is 13.1 Å². The average molecular weight is 460 g/mol. The number of hydrogen-bond donors (Lipinski definition) is 0. The number of halogens is 2. The van der Waals surface area contributed by atoms with Crippen LogP contribution in [0.15, 0.2) is 20.1 Å². The molecule has 0 aromatic carbocycles. The summed E-state index contributed by atoms with van der Waals surface area (Å²) in [6, 6.07) is 1.67. The molecule has 0 aliphatic carbocycles. The van der Waals surface area contributed by atoms with Crippen LogP contribution in [0.4, 0.5) is 0 Å². The molecule has 2 rings (SSSR count). The van der Waals surface area contributed by atoms with Gasteiger partial charge in [-0.2, -0.15) is 0 Å². The highest BCUT2D eigenvalue weighted by molar-refractivity contribution is 9.16. The number of unbranched alkanes of at least 4 members (excludes halogenated alkanes) is 3. The largest absolute Gasteiger partial charge is 0.332 e. The second-order valence-corrected chi connectivity index (χ2v) is 7.45. The number of aromatic nitrogens is 4. The fraction of sp³-hybridized carbons (Fsp3) is 0.500. The normalized spacial score (nSPS) is 12.5. The molecule has 0 aliphatic heterocycles. The molecule has 0 fully saturated rings. The van der Waals surface area contributed by atoms with Crippen molar-refractivity contribution in [1.29, 1.82) is 0 Å². The van der Waals surface area contributed by atoms with Crippen molar-refractivity contribution in [1.82, 2.24) is 19.3 Å². The van der Waals surface area contributed by atoms with Crippen LogP contribution in [0.1, 0.15) is 44.7 Å². The first-order valence-electron chi connectivity index (χ1n) is 7.86. The van der Waals surface area contributed by atoms with Crippen molar-refractivity contribution in [2.24, 2.45) is 14.1 Å². The number of nitrogens with zero attached hydrogens (tertiary/aromatic N) is 4. The molecule has 24 heavy (non-hydrogen) atoms. The Morgan fingerprint density at radius 1 is 1.08 bits per heavy atom. The topological polar surface area (TPSA) is 69.8 Å². The van der Waals surface area contributed by atoms with Crippen molar-refractivity contribution in [2.45, 2.75) is 39.0 Å². The van der Waals surface area contributed by atoms with Crippen LogP contribution in [0, 0.1) is 0 Å². The molecule has 130 valence electrons. The summed E-state index contributed by atoms with van der Waals surface area (Å²) in [7, 11) is 3.03. The van der Waals surface area contributed by atoms with E-state index in [2.05, 4.69) is 49.0 Å². The summed E-state index contributed by atoms with van der Waals surface area (Å²) in [5.74, 6) is 0. The Bertz CT molecular complexity index is 899. The van der Waals surface area contributed by atoms with Crippen molar-refractivity contribution in [3.05, 3.63) is 37.1 Å². The van der Waals surface area contributed by atoms with Gasteiger partial charge in [-0.15, -0.1) is 10.2 Å². The molecule has 0 saturated carbocycles. The summed E-state index contributed by atoms with van der Waals surface area (Å²) < 4.78 is 4.18. The van der Waals surface area contributed by atoms with Crippen molar-refractivity contribution in [3.8, 4) is 0 Å². The SMILES string of the molecule is CCCCCC/C(Br)=C(\Br)c1cc2c(=O)n(C)c(=O)n(C)c2nn1. The highest BCUT2D eigenvalue weighted by Gasteiger charge is 2.13. The van der Waals surface area contributed by atoms with Gasteiger partial charge >= 0.3 is 5.69 Å². The predicted octanol–water partition coefficient (Wildman–Crippen LogP) is 3.46. The molecule has 0 bridgehead atoms. The monoisotopic (exact) mass is 458 g/mol. The lowest BCUT2D eigenvalue weighted by molar-refractivity contribution is 0.673. The molecule has 2 heterocycles. The minimum atomic E-state index is -0.415. The first kappa shape index (κ1) is 19.1. The molecular formula is C16H20Br2N4O2. The highest BCUT2D eigenvalue weighted by atomic mass is 79.9. The molecule has 0 unspecified atom stereocenters. The Morgan fingerprint density at radius 2 is 1.79 bits per heavy atom. The standard InChI is InChI=1S/C16H20Br2N4O2/c1-4-5-6-7-8-11(17)13(18)12-9-10-14(20-19-12)21(2)16(24)22(3)15(10)23/h9H,4-8H2,1-3H3/b13-11+. The number of allylic oxidation sites excluding steroid dienone is 1. The number of fused-ring (bicyclic) bond motifs is 1. The summed E-state index contributed by atoms with van der Waals surface area (Å²) in [6.07, 6.45) is 5.57.